The molecule has 1 aliphatic rings. The third-order valence-corrected chi connectivity index (χ3v) is 3.74. The molecule has 0 spiro atoms. The molecule has 23 heavy (non-hydrogen) atoms. The van der Waals surface area contributed by atoms with E-state index in [9.17, 15) is 9.59 Å². The fourth-order valence-corrected chi connectivity index (χ4v) is 2.59. The van der Waals surface area contributed by atoms with E-state index in [2.05, 4.69) is 16.0 Å². The van der Waals surface area contributed by atoms with Crippen LogP contribution in [0.2, 0.25) is 0 Å². The number of hydrogen-bond acceptors (Lipinski definition) is 4. The van der Waals surface area contributed by atoms with Crippen LogP contribution in [0.5, 0.6) is 5.75 Å². The van der Waals surface area contributed by atoms with Gasteiger partial charge in [-0.3, -0.25) is 9.59 Å². The lowest BCUT2D eigenvalue weighted by Crippen LogP contribution is -2.15. The van der Waals surface area contributed by atoms with Crippen molar-refractivity contribution in [1.29, 1.82) is 0 Å². The molecule has 1 heterocycles. The zero-order chi connectivity index (χ0) is 15.9. The summed E-state index contributed by atoms with van der Waals surface area (Å²) in [4.78, 5) is 23.2. The lowest BCUT2D eigenvalue weighted by molar-refractivity contribution is -0.116. The van der Waals surface area contributed by atoms with Crippen LogP contribution < -0.4 is 20.7 Å². The van der Waals surface area contributed by atoms with Gasteiger partial charge in [0.1, 0.15) is 5.75 Å². The number of anilines is 2. The van der Waals surface area contributed by atoms with Crippen LogP contribution in [-0.2, 0) is 9.59 Å². The van der Waals surface area contributed by atoms with Gasteiger partial charge in [-0.1, -0.05) is 0 Å². The SMILES string of the molecule is COc1ccc(NC(=O)CCC2CCNC2)cc1NC(C)=O.Cl. The van der Waals surface area contributed by atoms with E-state index in [-0.39, 0.29) is 24.2 Å². The van der Waals surface area contributed by atoms with Crippen LogP contribution in [-0.4, -0.2) is 32.0 Å². The Kier molecular flexibility index (Phi) is 7.85. The highest BCUT2D eigenvalue weighted by atomic mass is 35.5. The predicted octanol–water partition coefficient (Wildman–Crippen LogP) is 2.40. The summed E-state index contributed by atoms with van der Waals surface area (Å²) in [6.07, 6.45) is 2.55. The molecular formula is C16H24ClN3O3. The van der Waals surface area contributed by atoms with Crippen LogP contribution in [0.3, 0.4) is 0 Å². The Morgan fingerprint density at radius 1 is 1.35 bits per heavy atom. The molecule has 2 amide bonds. The lowest BCUT2D eigenvalue weighted by Gasteiger charge is -2.12. The van der Waals surface area contributed by atoms with Crippen molar-refractivity contribution in [1.82, 2.24) is 5.32 Å². The Bertz CT molecular complexity index is 545. The van der Waals surface area contributed by atoms with Crippen LogP contribution in [0.25, 0.3) is 0 Å². The van der Waals surface area contributed by atoms with E-state index in [0.29, 0.717) is 29.5 Å². The van der Waals surface area contributed by atoms with E-state index in [1.165, 1.54) is 14.0 Å². The number of carbonyl (C=O) groups excluding carboxylic acids is 2. The van der Waals surface area contributed by atoms with E-state index < -0.39 is 0 Å². The zero-order valence-corrected chi connectivity index (χ0v) is 14.3. The largest absolute Gasteiger partial charge is 0.495 e. The molecule has 6 nitrogen and oxygen atoms in total. The summed E-state index contributed by atoms with van der Waals surface area (Å²) >= 11 is 0. The van der Waals surface area contributed by atoms with Gasteiger partial charge >= 0.3 is 0 Å². The molecule has 2 rings (SSSR count). The first-order valence-electron chi connectivity index (χ1n) is 7.54. The number of methoxy groups -OCH3 is 1. The Hall–Kier alpha value is -1.79. The van der Waals surface area contributed by atoms with Gasteiger partial charge in [0.2, 0.25) is 11.8 Å². The van der Waals surface area contributed by atoms with Gasteiger partial charge in [-0.2, -0.15) is 0 Å². The fraction of sp³-hybridized carbons (Fsp3) is 0.500. The minimum Gasteiger partial charge on any atom is -0.495 e. The third kappa shape index (κ3) is 6.08. The van der Waals surface area contributed by atoms with Crippen molar-refractivity contribution < 1.29 is 14.3 Å². The molecule has 0 aliphatic carbocycles. The Labute approximate surface area is 142 Å². The minimum atomic E-state index is -0.185. The second-order valence-corrected chi connectivity index (χ2v) is 5.54. The molecule has 0 bridgehead atoms. The standard InChI is InChI=1S/C16H23N3O3.ClH/c1-11(20)18-14-9-13(4-5-15(14)22-2)19-16(21)6-3-12-7-8-17-10-12;/h4-5,9,12,17H,3,6-8,10H2,1-2H3,(H,18,20)(H,19,21);1H. The van der Waals surface area contributed by atoms with Crippen molar-refractivity contribution in [2.75, 3.05) is 30.8 Å². The van der Waals surface area contributed by atoms with Gasteiger partial charge in [0.25, 0.3) is 0 Å². The maximum atomic E-state index is 12.0. The molecule has 128 valence electrons. The molecule has 0 radical (unpaired) electrons. The number of carbonyl (C=O) groups is 2. The molecule has 1 aromatic rings. The highest BCUT2D eigenvalue weighted by Gasteiger charge is 2.16. The average Bonchev–Trinajstić information content (AvgIpc) is 2.98. The number of amides is 2. The van der Waals surface area contributed by atoms with Gasteiger partial charge in [0.15, 0.2) is 0 Å². The van der Waals surface area contributed by atoms with E-state index in [1.54, 1.807) is 18.2 Å². The molecule has 7 heteroatoms. The monoisotopic (exact) mass is 341 g/mol. The number of rotatable bonds is 6. The fourth-order valence-electron chi connectivity index (χ4n) is 2.59. The number of halogens is 1. The Morgan fingerprint density at radius 2 is 2.13 bits per heavy atom. The Morgan fingerprint density at radius 3 is 2.74 bits per heavy atom. The summed E-state index contributed by atoms with van der Waals surface area (Å²) in [5.74, 6) is 0.961. The molecule has 1 saturated heterocycles. The zero-order valence-electron chi connectivity index (χ0n) is 13.5. The number of ether oxygens (including phenoxy) is 1. The van der Waals surface area contributed by atoms with Crippen LogP contribution in [0, 0.1) is 5.92 Å². The summed E-state index contributed by atoms with van der Waals surface area (Å²) in [5, 5.41) is 8.85. The molecule has 1 atom stereocenters. The first kappa shape index (κ1) is 19.3. The molecular weight excluding hydrogens is 318 g/mol. The van der Waals surface area contributed by atoms with E-state index in [0.717, 1.165) is 25.9 Å². The highest BCUT2D eigenvalue weighted by Crippen LogP contribution is 2.28. The van der Waals surface area contributed by atoms with Crippen LogP contribution >= 0.6 is 12.4 Å². The minimum absolute atomic E-state index is 0. The number of nitrogens with one attached hydrogen (secondary N) is 3. The highest BCUT2D eigenvalue weighted by molar-refractivity contribution is 5.94. The molecule has 1 aromatic carbocycles. The van der Waals surface area contributed by atoms with E-state index in [4.69, 9.17) is 4.74 Å². The molecule has 0 aromatic heterocycles. The van der Waals surface area contributed by atoms with Crippen molar-refractivity contribution in [3.63, 3.8) is 0 Å². The second kappa shape index (κ2) is 9.37. The summed E-state index contributed by atoms with van der Waals surface area (Å²) in [5.41, 5.74) is 1.20. The van der Waals surface area contributed by atoms with Gasteiger partial charge in [0, 0.05) is 19.0 Å². The summed E-state index contributed by atoms with van der Waals surface area (Å²) in [7, 11) is 1.54. The summed E-state index contributed by atoms with van der Waals surface area (Å²) in [6, 6.07) is 5.19. The Balaban J connectivity index is 0.00000264. The van der Waals surface area contributed by atoms with Crippen molar-refractivity contribution in [3.05, 3.63) is 18.2 Å². The predicted molar refractivity (Wildman–Crippen MR) is 93.4 cm³/mol. The summed E-state index contributed by atoms with van der Waals surface area (Å²) in [6.45, 7) is 3.48. The second-order valence-electron chi connectivity index (χ2n) is 5.54. The van der Waals surface area contributed by atoms with Crippen molar-refractivity contribution in [2.45, 2.75) is 26.2 Å². The first-order valence-corrected chi connectivity index (χ1v) is 7.54. The summed E-state index contributed by atoms with van der Waals surface area (Å²) < 4.78 is 5.19. The van der Waals surface area contributed by atoms with E-state index in [1.807, 2.05) is 0 Å². The molecule has 1 aliphatic heterocycles. The molecule has 1 fully saturated rings. The van der Waals surface area contributed by atoms with Crippen molar-refractivity contribution in [3.8, 4) is 5.75 Å². The molecule has 0 saturated carbocycles. The molecule has 3 N–H and O–H groups in total. The van der Waals surface area contributed by atoms with E-state index >= 15 is 0 Å². The van der Waals surface area contributed by atoms with Crippen LogP contribution in [0.4, 0.5) is 11.4 Å². The van der Waals surface area contributed by atoms with Gasteiger partial charge < -0.3 is 20.7 Å². The third-order valence-electron chi connectivity index (χ3n) is 3.74. The van der Waals surface area contributed by atoms with Gasteiger partial charge in [-0.05, 0) is 50.0 Å². The maximum absolute atomic E-state index is 12.0. The maximum Gasteiger partial charge on any atom is 0.224 e. The smallest absolute Gasteiger partial charge is 0.224 e. The quantitative estimate of drug-likeness (QED) is 0.742. The average molecular weight is 342 g/mol. The number of hydrogen-bond donors (Lipinski definition) is 3. The molecule has 1 unspecified atom stereocenters. The van der Waals surface area contributed by atoms with Crippen molar-refractivity contribution >= 4 is 35.6 Å². The van der Waals surface area contributed by atoms with Gasteiger partial charge in [-0.15, -0.1) is 12.4 Å². The van der Waals surface area contributed by atoms with Crippen LogP contribution in [0.15, 0.2) is 18.2 Å². The number of benzene rings is 1. The van der Waals surface area contributed by atoms with Crippen molar-refractivity contribution in [2.24, 2.45) is 5.92 Å². The first-order chi connectivity index (χ1) is 10.6. The van der Waals surface area contributed by atoms with Crippen LogP contribution in [0.1, 0.15) is 26.2 Å². The topological polar surface area (TPSA) is 79.5 Å². The van der Waals surface area contributed by atoms with Gasteiger partial charge in [-0.25, -0.2) is 0 Å². The normalized spacial score (nSPS) is 16.3. The van der Waals surface area contributed by atoms with Gasteiger partial charge in [0.05, 0.1) is 12.8 Å². The lowest BCUT2D eigenvalue weighted by atomic mass is 10.0.